The Morgan fingerprint density at radius 1 is 1.41 bits per heavy atom. The maximum atomic E-state index is 11.7. The predicted molar refractivity (Wildman–Crippen MR) is 64.2 cm³/mol. The molecular formula is C12H10O4S. The third kappa shape index (κ3) is 2.45. The van der Waals surface area contributed by atoms with Crippen LogP contribution in [0.3, 0.4) is 0 Å². The Kier molecular flexibility index (Phi) is 3.39. The minimum Gasteiger partial charge on any atom is -0.460 e. The summed E-state index contributed by atoms with van der Waals surface area (Å²) in [5, 5.41) is 1.88. The normalized spacial score (nSPS) is 10.2. The van der Waals surface area contributed by atoms with Gasteiger partial charge in [0.1, 0.15) is 0 Å². The molecule has 2 rings (SSSR count). The van der Waals surface area contributed by atoms with Crippen molar-refractivity contribution in [2.24, 2.45) is 0 Å². The third-order valence-corrected chi connectivity index (χ3v) is 2.98. The molecule has 5 heteroatoms. The molecule has 0 spiro atoms. The van der Waals surface area contributed by atoms with E-state index in [1.54, 1.807) is 13.0 Å². The highest BCUT2D eigenvalue weighted by Crippen LogP contribution is 2.27. The summed E-state index contributed by atoms with van der Waals surface area (Å²) in [6, 6.07) is 6.57. The molecule has 0 N–H and O–H groups in total. The molecule has 0 aliphatic heterocycles. The maximum Gasteiger partial charge on any atom is 0.375 e. The molecule has 88 valence electrons. The first-order valence-corrected chi connectivity index (χ1v) is 5.95. The van der Waals surface area contributed by atoms with Crippen LogP contribution in [0.5, 0.6) is 0 Å². The van der Waals surface area contributed by atoms with E-state index in [-0.39, 0.29) is 12.4 Å². The summed E-state index contributed by atoms with van der Waals surface area (Å²) in [6.07, 6.45) is 0. The van der Waals surface area contributed by atoms with Crippen molar-refractivity contribution in [2.45, 2.75) is 6.92 Å². The number of hydrogen-bond acceptors (Lipinski definition) is 5. The van der Waals surface area contributed by atoms with Gasteiger partial charge in [0.25, 0.3) is 0 Å². The van der Waals surface area contributed by atoms with Gasteiger partial charge in [-0.25, -0.2) is 9.59 Å². The first-order chi connectivity index (χ1) is 8.22. The number of ether oxygens (including phenoxy) is 1. The molecule has 0 radical (unpaired) electrons. The van der Waals surface area contributed by atoms with Crippen LogP contribution in [0.4, 0.5) is 0 Å². The fraction of sp³-hybridized carbons (Fsp3) is 0.167. The molecule has 2 heterocycles. The van der Waals surface area contributed by atoms with Crippen LogP contribution in [0.15, 0.2) is 38.9 Å². The number of rotatable bonds is 3. The van der Waals surface area contributed by atoms with E-state index in [0.717, 1.165) is 4.88 Å². The van der Waals surface area contributed by atoms with Crippen LogP contribution in [0.1, 0.15) is 17.5 Å². The van der Waals surface area contributed by atoms with Crippen molar-refractivity contribution in [3.63, 3.8) is 0 Å². The highest BCUT2D eigenvalue weighted by molar-refractivity contribution is 7.13. The fourth-order valence-corrected chi connectivity index (χ4v) is 2.14. The molecule has 2 aromatic rings. The Balaban J connectivity index is 2.52. The van der Waals surface area contributed by atoms with Gasteiger partial charge in [0.05, 0.1) is 6.61 Å². The molecule has 0 aliphatic rings. The van der Waals surface area contributed by atoms with Crippen LogP contribution in [0.2, 0.25) is 0 Å². The Labute approximate surface area is 101 Å². The molecule has 17 heavy (non-hydrogen) atoms. The SMILES string of the molecule is CCOC(=O)c1oc(=O)ccc1-c1cccs1. The first-order valence-electron chi connectivity index (χ1n) is 5.07. The van der Waals surface area contributed by atoms with Gasteiger partial charge < -0.3 is 9.15 Å². The second-order valence-corrected chi connectivity index (χ2v) is 4.14. The van der Waals surface area contributed by atoms with E-state index < -0.39 is 11.6 Å². The highest BCUT2D eigenvalue weighted by atomic mass is 32.1. The van der Waals surface area contributed by atoms with E-state index in [4.69, 9.17) is 9.15 Å². The molecule has 0 bridgehead atoms. The van der Waals surface area contributed by atoms with Crippen molar-refractivity contribution in [1.29, 1.82) is 0 Å². The molecule has 0 aliphatic carbocycles. The van der Waals surface area contributed by atoms with E-state index in [1.807, 2.05) is 17.5 Å². The summed E-state index contributed by atoms with van der Waals surface area (Å²) in [7, 11) is 0. The van der Waals surface area contributed by atoms with Crippen molar-refractivity contribution in [3.05, 3.63) is 45.8 Å². The quantitative estimate of drug-likeness (QED) is 0.785. The van der Waals surface area contributed by atoms with Gasteiger partial charge in [0.2, 0.25) is 5.76 Å². The maximum absolute atomic E-state index is 11.7. The number of esters is 1. The van der Waals surface area contributed by atoms with Crippen LogP contribution < -0.4 is 5.63 Å². The first kappa shape index (κ1) is 11.6. The summed E-state index contributed by atoms with van der Waals surface area (Å²) >= 11 is 1.46. The molecule has 0 aromatic carbocycles. The van der Waals surface area contributed by atoms with Gasteiger partial charge in [0.15, 0.2) is 0 Å². The van der Waals surface area contributed by atoms with Crippen LogP contribution in [0.25, 0.3) is 10.4 Å². The summed E-state index contributed by atoms with van der Waals surface area (Å²) in [6.45, 7) is 1.94. The Hall–Kier alpha value is -1.88. The summed E-state index contributed by atoms with van der Waals surface area (Å²) < 4.78 is 9.78. The molecular weight excluding hydrogens is 240 g/mol. The highest BCUT2D eigenvalue weighted by Gasteiger charge is 2.18. The molecule has 0 saturated carbocycles. The molecule has 0 unspecified atom stereocenters. The Morgan fingerprint density at radius 3 is 2.88 bits per heavy atom. The smallest absolute Gasteiger partial charge is 0.375 e. The summed E-state index contributed by atoms with van der Waals surface area (Å²) in [5.74, 6) is -0.657. The van der Waals surface area contributed by atoms with Crippen LogP contribution in [-0.4, -0.2) is 12.6 Å². The molecule has 0 saturated heterocycles. The lowest BCUT2D eigenvalue weighted by Crippen LogP contribution is -2.10. The lowest BCUT2D eigenvalue weighted by molar-refractivity contribution is 0.0486. The minimum absolute atomic E-state index is 0.0400. The number of carbonyl (C=O) groups is 1. The van der Waals surface area contributed by atoms with Gasteiger partial charge in [0, 0.05) is 16.5 Å². The number of carbonyl (C=O) groups excluding carboxylic acids is 1. The average molecular weight is 250 g/mol. The number of thiophene rings is 1. The molecule has 4 nitrogen and oxygen atoms in total. The average Bonchev–Trinajstić information content (AvgIpc) is 2.82. The van der Waals surface area contributed by atoms with Crippen LogP contribution in [0, 0.1) is 0 Å². The molecule has 0 fully saturated rings. The van der Waals surface area contributed by atoms with Crippen molar-refractivity contribution >= 4 is 17.3 Å². The van der Waals surface area contributed by atoms with Crippen molar-refractivity contribution < 1.29 is 13.9 Å². The topological polar surface area (TPSA) is 56.5 Å². The van der Waals surface area contributed by atoms with Crippen molar-refractivity contribution in [1.82, 2.24) is 0 Å². The fourth-order valence-electron chi connectivity index (χ4n) is 1.39. The molecule has 0 atom stereocenters. The predicted octanol–water partition coefficient (Wildman–Crippen LogP) is 2.55. The van der Waals surface area contributed by atoms with Crippen LogP contribution in [-0.2, 0) is 4.74 Å². The third-order valence-electron chi connectivity index (χ3n) is 2.08. The van der Waals surface area contributed by atoms with Gasteiger partial charge in [-0.15, -0.1) is 11.3 Å². The zero-order valence-corrected chi connectivity index (χ0v) is 9.95. The van der Waals surface area contributed by atoms with E-state index in [1.165, 1.54) is 17.4 Å². The second kappa shape index (κ2) is 4.97. The van der Waals surface area contributed by atoms with Gasteiger partial charge in [-0.1, -0.05) is 6.07 Å². The molecule has 0 amide bonds. The van der Waals surface area contributed by atoms with Crippen molar-refractivity contribution in [2.75, 3.05) is 6.61 Å². The zero-order valence-electron chi connectivity index (χ0n) is 9.14. The van der Waals surface area contributed by atoms with E-state index >= 15 is 0 Å². The monoisotopic (exact) mass is 250 g/mol. The van der Waals surface area contributed by atoms with Gasteiger partial charge >= 0.3 is 11.6 Å². The largest absolute Gasteiger partial charge is 0.460 e. The molecule has 2 aromatic heterocycles. The standard InChI is InChI=1S/C12H10O4S/c1-2-15-12(14)11-8(5-6-10(13)16-11)9-4-3-7-17-9/h3-7H,2H2,1H3. The number of hydrogen-bond donors (Lipinski definition) is 0. The van der Waals surface area contributed by atoms with E-state index in [9.17, 15) is 9.59 Å². The zero-order chi connectivity index (χ0) is 12.3. The Morgan fingerprint density at radius 2 is 2.24 bits per heavy atom. The lowest BCUT2D eigenvalue weighted by Gasteiger charge is -2.04. The van der Waals surface area contributed by atoms with Crippen molar-refractivity contribution in [3.8, 4) is 10.4 Å². The summed E-state index contributed by atoms with van der Waals surface area (Å²) in [4.78, 5) is 23.7. The lowest BCUT2D eigenvalue weighted by atomic mass is 10.2. The van der Waals surface area contributed by atoms with Gasteiger partial charge in [-0.3, -0.25) is 0 Å². The van der Waals surface area contributed by atoms with Gasteiger partial charge in [-0.2, -0.15) is 0 Å². The van der Waals surface area contributed by atoms with Crippen LogP contribution >= 0.6 is 11.3 Å². The van der Waals surface area contributed by atoms with Gasteiger partial charge in [-0.05, 0) is 24.4 Å². The van der Waals surface area contributed by atoms with E-state index in [2.05, 4.69) is 0 Å². The summed E-state index contributed by atoms with van der Waals surface area (Å²) in [5.41, 5.74) is 0.0198. The van der Waals surface area contributed by atoms with E-state index in [0.29, 0.717) is 5.56 Å². The second-order valence-electron chi connectivity index (χ2n) is 3.20. The Bertz CT molecular complexity index is 568. The minimum atomic E-state index is -0.617.